The molecule has 1 aromatic carbocycles. The first-order valence-electron chi connectivity index (χ1n) is 5.67. The van der Waals surface area contributed by atoms with Crippen LogP contribution in [0.1, 0.15) is 48.2 Å². The van der Waals surface area contributed by atoms with E-state index < -0.39 is 0 Å². The summed E-state index contributed by atoms with van der Waals surface area (Å²) in [5.41, 5.74) is 3.21. The molecule has 0 radical (unpaired) electrons. The summed E-state index contributed by atoms with van der Waals surface area (Å²) in [6, 6.07) is 6.05. The number of Topliss-reactive ketones (excluding diaryl/α,β-unsaturated/α-hetero) is 1. The highest BCUT2D eigenvalue weighted by molar-refractivity contribution is 5.98. The van der Waals surface area contributed by atoms with Gasteiger partial charge in [-0.05, 0) is 25.8 Å². The van der Waals surface area contributed by atoms with Gasteiger partial charge in [0.2, 0.25) is 0 Å². The first-order valence-corrected chi connectivity index (χ1v) is 5.67. The summed E-state index contributed by atoms with van der Waals surface area (Å²) in [6.07, 6.45) is 2.05. The van der Waals surface area contributed by atoms with Crippen molar-refractivity contribution in [3.05, 3.63) is 34.9 Å². The maximum absolute atomic E-state index is 12.1. The Bertz CT molecular complexity index is 352. The second-order valence-electron chi connectivity index (χ2n) is 4.37. The average Bonchev–Trinajstić information content (AvgIpc) is 2.17. The van der Waals surface area contributed by atoms with Gasteiger partial charge in [0.15, 0.2) is 5.78 Å². The molecule has 0 fully saturated rings. The van der Waals surface area contributed by atoms with Crippen molar-refractivity contribution in [3.63, 3.8) is 0 Å². The molecule has 1 atom stereocenters. The highest BCUT2D eigenvalue weighted by Gasteiger charge is 2.15. The molecule has 82 valence electrons. The number of benzene rings is 1. The van der Waals surface area contributed by atoms with Crippen LogP contribution in [0.3, 0.4) is 0 Å². The molecule has 0 saturated heterocycles. The maximum Gasteiger partial charge on any atom is 0.165 e. The van der Waals surface area contributed by atoms with Crippen LogP contribution < -0.4 is 0 Å². The molecule has 0 unspecified atom stereocenters. The van der Waals surface area contributed by atoms with E-state index in [4.69, 9.17) is 0 Å². The van der Waals surface area contributed by atoms with Gasteiger partial charge in [-0.2, -0.15) is 0 Å². The van der Waals surface area contributed by atoms with Crippen LogP contribution in [-0.2, 0) is 0 Å². The molecule has 0 saturated carbocycles. The lowest BCUT2D eigenvalue weighted by molar-refractivity contribution is 0.0923. The molecule has 0 aliphatic rings. The average molecular weight is 204 g/mol. The number of carbonyl (C=O) groups excluding carboxylic acids is 1. The van der Waals surface area contributed by atoms with Crippen molar-refractivity contribution in [2.45, 2.75) is 40.5 Å². The van der Waals surface area contributed by atoms with Crippen molar-refractivity contribution in [1.29, 1.82) is 0 Å². The molecular formula is C14H20O. The van der Waals surface area contributed by atoms with Crippen molar-refractivity contribution >= 4 is 5.78 Å². The lowest BCUT2D eigenvalue weighted by Gasteiger charge is -2.11. The summed E-state index contributed by atoms with van der Waals surface area (Å²) < 4.78 is 0. The number of hydrogen-bond donors (Lipinski definition) is 0. The number of rotatable bonds is 4. The number of ketones is 1. The summed E-state index contributed by atoms with van der Waals surface area (Å²) in [5.74, 6) is 0.436. The van der Waals surface area contributed by atoms with E-state index in [1.165, 1.54) is 5.56 Å². The molecule has 1 aromatic rings. The Morgan fingerprint density at radius 3 is 2.53 bits per heavy atom. The van der Waals surface area contributed by atoms with Gasteiger partial charge in [0.25, 0.3) is 0 Å². The van der Waals surface area contributed by atoms with Crippen molar-refractivity contribution in [3.8, 4) is 0 Å². The van der Waals surface area contributed by atoms with E-state index in [1.54, 1.807) is 0 Å². The van der Waals surface area contributed by atoms with E-state index in [-0.39, 0.29) is 11.7 Å². The van der Waals surface area contributed by atoms with Crippen LogP contribution in [0.15, 0.2) is 18.2 Å². The smallest absolute Gasteiger partial charge is 0.165 e. The van der Waals surface area contributed by atoms with E-state index in [0.717, 1.165) is 24.0 Å². The first kappa shape index (κ1) is 12.0. The fourth-order valence-corrected chi connectivity index (χ4v) is 1.92. The Balaban J connectivity index is 2.91. The fourth-order valence-electron chi connectivity index (χ4n) is 1.92. The maximum atomic E-state index is 12.1. The van der Waals surface area contributed by atoms with Crippen LogP contribution in [0, 0.1) is 19.8 Å². The highest BCUT2D eigenvalue weighted by Crippen LogP contribution is 2.18. The van der Waals surface area contributed by atoms with E-state index in [1.807, 2.05) is 26.0 Å². The Hall–Kier alpha value is -1.11. The van der Waals surface area contributed by atoms with Crippen LogP contribution in [0.2, 0.25) is 0 Å². The quantitative estimate of drug-likeness (QED) is 0.679. The molecule has 0 N–H and O–H groups in total. The third-order valence-corrected chi connectivity index (χ3v) is 2.82. The van der Waals surface area contributed by atoms with Crippen molar-refractivity contribution in [1.82, 2.24) is 0 Å². The lowest BCUT2D eigenvalue weighted by atomic mass is 9.92. The van der Waals surface area contributed by atoms with Crippen molar-refractivity contribution < 1.29 is 4.79 Å². The standard InChI is InChI=1S/C14H20O/c1-5-6-11(3)14(15)13-8-7-10(2)9-12(13)4/h7-9,11H,5-6H2,1-4H3/t11-/m1/s1. The van der Waals surface area contributed by atoms with Gasteiger partial charge >= 0.3 is 0 Å². The van der Waals surface area contributed by atoms with Gasteiger partial charge in [-0.3, -0.25) is 4.79 Å². The summed E-state index contributed by atoms with van der Waals surface area (Å²) in [4.78, 5) is 12.1. The van der Waals surface area contributed by atoms with Gasteiger partial charge in [0.1, 0.15) is 0 Å². The topological polar surface area (TPSA) is 17.1 Å². The normalized spacial score (nSPS) is 12.5. The summed E-state index contributed by atoms with van der Waals surface area (Å²) >= 11 is 0. The second-order valence-corrected chi connectivity index (χ2v) is 4.37. The molecule has 1 rings (SSSR count). The van der Waals surface area contributed by atoms with Gasteiger partial charge in [0.05, 0.1) is 0 Å². The third-order valence-electron chi connectivity index (χ3n) is 2.82. The molecule has 0 aromatic heterocycles. The van der Waals surface area contributed by atoms with Gasteiger partial charge in [-0.1, -0.05) is 44.0 Å². The second kappa shape index (κ2) is 5.11. The molecule has 1 nitrogen and oxygen atoms in total. The first-order chi connectivity index (χ1) is 7.06. The van der Waals surface area contributed by atoms with Crippen LogP contribution in [0.5, 0.6) is 0 Å². The van der Waals surface area contributed by atoms with E-state index in [2.05, 4.69) is 19.9 Å². The molecule has 0 bridgehead atoms. The molecule has 0 spiro atoms. The Labute approximate surface area is 92.5 Å². The monoisotopic (exact) mass is 204 g/mol. The zero-order valence-corrected chi connectivity index (χ0v) is 10.1. The molecule has 0 aliphatic carbocycles. The summed E-state index contributed by atoms with van der Waals surface area (Å²) in [5, 5.41) is 0. The van der Waals surface area contributed by atoms with Gasteiger partial charge in [0, 0.05) is 11.5 Å². The van der Waals surface area contributed by atoms with Crippen LogP contribution in [-0.4, -0.2) is 5.78 Å². The van der Waals surface area contributed by atoms with E-state index >= 15 is 0 Å². The molecule has 0 amide bonds. The van der Waals surface area contributed by atoms with Crippen LogP contribution >= 0.6 is 0 Å². The van der Waals surface area contributed by atoms with E-state index in [0.29, 0.717) is 0 Å². The summed E-state index contributed by atoms with van der Waals surface area (Å²) in [6.45, 7) is 8.20. The minimum atomic E-state index is 0.149. The van der Waals surface area contributed by atoms with Crippen molar-refractivity contribution in [2.24, 2.45) is 5.92 Å². The van der Waals surface area contributed by atoms with Gasteiger partial charge < -0.3 is 0 Å². The number of aryl methyl sites for hydroxylation is 2. The van der Waals surface area contributed by atoms with Crippen LogP contribution in [0.25, 0.3) is 0 Å². The molecule has 1 heteroatoms. The number of carbonyl (C=O) groups is 1. The fraction of sp³-hybridized carbons (Fsp3) is 0.500. The zero-order valence-electron chi connectivity index (χ0n) is 10.1. The predicted molar refractivity (Wildman–Crippen MR) is 64.3 cm³/mol. The van der Waals surface area contributed by atoms with Gasteiger partial charge in [-0.15, -0.1) is 0 Å². The third kappa shape index (κ3) is 2.92. The largest absolute Gasteiger partial charge is 0.294 e. The number of hydrogen-bond acceptors (Lipinski definition) is 1. The lowest BCUT2D eigenvalue weighted by Crippen LogP contribution is -2.12. The zero-order chi connectivity index (χ0) is 11.4. The minimum absolute atomic E-state index is 0.149. The van der Waals surface area contributed by atoms with Crippen LogP contribution in [0.4, 0.5) is 0 Å². The SMILES string of the molecule is CCC[C@@H](C)C(=O)c1ccc(C)cc1C. The Morgan fingerprint density at radius 1 is 1.33 bits per heavy atom. The summed E-state index contributed by atoms with van der Waals surface area (Å²) in [7, 11) is 0. The highest BCUT2D eigenvalue weighted by atomic mass is 16.1. The molecule has 0 heterocycles. The van der Waals surface area contributed by atoms with Gasteiger partial charge in [-0.25, -0.2) is 0 Å². The predicted octanol–water partition coefficient (Wildman–Crippen LogP) is 3.92. The Kier molecular flexibility index (Phi) is 4.07. The molecular weight excluding hydrogens is 184 g/mol. The molecule has 15 heavy (non-hydrogen) atoms. The Morgan fingerprint density at radius 2 is 2.00 bits per heavy atom. The van der Waals surface area contributed by atoms with E-state index in [9.17, 15) is 4.79 Å². The minimum Gasteiger partial charge on any atom is -0.294 e. The van der Waals surface area contributed by atoms with Crippen molar-refractivity contribution in [2.75, 3.05) is 0 Å². The molecule has 0 aliphatic heterocycles.